The van der Waals surface area contributed by atoms with E-state index in [0.29, 0.717) is 0 Å². The summed E-state index contributed by atoms with van der Waals surface area (Å²) in [5.74, 6) is 2.93. The Kier molecular flexibility index (Phi) is 2.12. The standard InChI is InChI=1S/C8H17N/c1-6(2)8-4-7(8)5-9-3/h6-9H,4-5H2,1-3H3. The number of hydrogen-bond donors (Lipinski definition) is 1. The van der Waals surface area contributed by atoms with E-state index in [9.17, 15) is 0 Å². The van der Waals surface area contributed by atoms with Gasteiger partial charge in [0.25, 0.3) is 0 Å². The lowest BCUT2D eigenvalue weighted by molar-refractivity contribution is 0.508. The average molecular weight is 127 g/mol. The molecule has 1 rings (SSSR count). The fourth-order valence-electron chi connectivity index (χ4n) is 1.58. The summed E-state index contributed by atoms with van der Waals surface area (Å²) in [5, 5.41) is 3.21. The van der Waals surface area contributed by atoms with Gasteiger partial charge in [0.2, 0.25) is 0 Å². The van der Waals surface area contributed by atoms with Crippen LogP contribution in [-0.4, -0.2) is 13.6 Å². The van der Waals surface area contributed by atoms with E-state index >= 15 is 0 Å². The molecule has 0 amide bonds. The van der Waals surface area contributed by atoms with Gasteiger partial charge >= 0.3 is 0 Å². The minimum absolute atomic E-state index is 0.906. The zero-order chi connectivity index (χ0) is 6.85. The molecule has 1 saturated carbocycles. The zero-order valence-electron chi connectivity index (χ0n) is 6.65. The number of nitrogens with one attached hydrogen (secondary N) is 1. The average Bonchev–Trinajstić information content (AvgIpc) is 2.47. The van der Waals surface area contributed by atoms with Crippen LogP contribution < -0.4 is 5.32 Å². The lowest BCUT2D eigenvalue weighted by atomic mass is 10.1. The fourth-order valence-corrected chi connectivity index (χ4v) is 1.58. The van der Waals surface area contributed by atoms with Crippen LogP contribution in [0.3, 0.4) is 0 Å². The Hall–Kier alpha value is -0.0400. The van der Waals surface area contributed by atoms with Crippen molar-refractivity contribution in [2.75, 3.05) is 13.6 Å². The molecule has 0 spiro atoms. The first kappa shape index (κ1) is 7.07. The molecule has 1 fully saturated rings. The van der Waals surface area contributed by atoms with Gasteiger partial charge in [-0.1, -0.05) is 13.8 Å². The second-order valence-corrected chi connectivity index (χ2v) is 3.46. The van der Waals surface area contributed by atoms with E-state index in [4.69, 9.17) is 0 Å². The Morgan fingerprint density at radius 2 is 2.22 bits per heavy atom. The maximum atomic E-state index is 3.21. The van der Waals surface area contributed by atoms with Gasteiger partial charge in [-0.2, -0.15) is 0 Å². The minimum atomic E-state index is 0.906. The summed E-state index contributed by atoms with van der Waals surface area (Å²) >= 11 is 0. The Bertz CT molecular complexity index is 88.6. The molecule has 2 atom stereocenters. The van der Waals surface area contributed by atoms with Gasteiger partial charge in [0.1, 0.15) is 0 Å². The molecule has 0 radical (unpaired) electrons. The van der Waals surface area contributed by atoms with Crippen LogP contribution >= 0.6 is 0 Å². The molecular formula is C8H17N. The van der Waals surface area contributed by atoms with Crippen molar-refractivity contribution in [1.82, 2.24) is 5.32 Å². The van der Waals surface area contributed by atoms with Crippen LogP contribution in [0.25, 0.3) is 0 Å². The van der Waals surface area contributed by atoms with E-state index in [1.54, 1.807) is 0 Å². The highest BCUT2D eigenvalue weighted by molar-refractivity contribution is 4.89. The van der Waals surface area contributed by atoms with Crippen LogP contribution in [0, 0.1) is 17.8 Å². The lowest BCUT2D eigenvalue weighted by Gasteiger charge is -2.01. The Morgan fingerprint density at radius 1 is 1.56 bits per heavy atom. The lowest BCUT2D eigenvalue weighted by Crippen LogP contribution is -2.11. The minimum Gasteiger partial charge on any atom is -0.319 e. The first-order valence-electron chi connectivity index (χ1n) is 3.90. The molecule has 0 aromatic carbocycles. The van der Waals surface area contributed by atoms with Crippen molar-refractivity contribution in [2.45, 2.75) is 20.3 Å². The third-order valence-electron chi connectivity index (χ3n) is 2.30. The molecule has 0 aromatic heterocycles. The van der Waals surface area contributed by atoms with E-state index in [-0.39, 0.29) is 0 Å². The van der Waals surface area contributed by atoms with Crippen molar-refractivity contribution in [1.29, 1.82) is 0 Å². The monoisotopic (exact) mass is 127 g/mol. The van der Waals surface area contributed by atoms with Crippen molar-refractivity contribution >= 4 is 0 Å². The van der Waals surface area contributed by atoms with Crippen molar-refractivity contribution in [2.24, 2.45) is 17.8 Å². The van der Waals surface area contributed by atoms with Gasteiger partial charge in [-0.25, -0.2) is 0 Å². The first-order chi connectivity index (χ1) is 4.25. The predicted molar refractivity (Wildman–Crippen MR) is 40.4 cm³/mol. The summed E-state index contributed by atoms with van der Waals surface area (Å²) in [6, 6.07) is 0. The van der Waals surface area contributed by atoms with Crippen LogP contribution in [0.4, 0.5) is 0 Å². The molecule has 1 aliphatic rings. The Labute approximate surface area is 57.8 Å². The van der Waals surface area contributed by atoms with Gasteiger partial charge in [-0.05, 0) is 37.8 Å². The highest BCUT2D eigenvalue weighted by Crippen LogP contribution is 2.43. The summed E-state index contributed by atoms with van der Waals surface area (Å²) in [6.45, 7) is 5.86. The fraction of sp³-hybridized carbons (Fsp3) is 1.00. The second kappa shape index (κ2) is 2.70. The molecule has 0 heterocycles. The van der Waals surface area contributed by atoms with Crippen LogP contribution in [-0.2, 0) is 0 Å². The number of rotatable bonds is 3. The summed E-state index contributed by atoms with van der Waals surface area (Å²) in [6.07, 6.45) is 1.46. The normalized spacial score (nSPS) is 33.3. The van der Waals surface area contributed by atoms with E-state index in [1.807, 2.05) is 7.05 Å². The molecule has 2 unspecified atom stereocenters. The van der Waals surface area contributed by atoms with E-state index in [0.717, 1.165) is 17.8 Å². The molecule has 0 aliphatic heterocycles. The summed E-state index contributed by atoms with van der Waals surface area (Å²) < 4.78 is 0. The molecule has 1 aliphatic carbocycles. The summed E-state index contributed by atoms with van der Waals surface area (Å²) in [7, 11) is 2.04. The van der Waals surface area contributed by atoms with Gasteiger partial charge in [-0.15, -0.1) is 0 Å². The Morgan fingerprint density at radius 3 is 2.56 bits per heavy atom. The van der Waals surface area contributed by atoms with Crippen molar-refractivity contribution in [3.63, 3.8) is 0 Å². The molecule has 54 valence electrons. The van der Waals surface area contributed by atoms with E-state index < -0.39 is 0 Å². The van der Waals surface area contributed by atoms with Crippen LogP contribution in [0.2, 0.25) is 0 Å². The molecule has 9 heavy (non-hydrogen) atoms. The third-order valence-corrected chi connectivity index (χ3v) is 2.30. The van der Waals surface area contributed by atoms with Crippen molar-refractivity contribution < 1.29 is 0 Å². The molecular weight excluding hydrogens is 110 g/mol. The SMILES string of the molecule is CNCC1CC1C(C)C. The van der Waals surface area contributed by atoms with E-state index in [2.05, 4.69) is 19.2 Å². The molecule has 1 nitrogen and oxygen atoms in total. The molecule has 0 saturated heterocycles. The smallest absolute Gasteiger partial charge is 0.00207 e. The second-order valence-electron chi connectivity index (χ2n) is 3.46. The highest BCUT2D eigenvalue weighted by atomic mass is 14.8. The van der Waals surface area contributed by atoms with Crippen LogP contribution in [0.5, 0.6) is 0 Å². The maximum Gasteiger partial charge on any atom is -0.00207 e. The van der Waals surface area contributed by atoms with Gasteiger partial charge in [0, 0.05) is 0 Å². The third kappa shape index (κ3) is 1.68. The molecule has 0 bridgehead atoms. The number of hydrogen-bond acceptors (Lipinski definition) is 1. The van der Waals surface area contributed by atoms with Crippen LogP contribution in [0.1, 0.15) is 20.3 Å². The molecule has 1 N–H and O–H groups in total. The van der Waals surface area contributed by atoms with Crippen LogP contribution in [0.15, 0.2) is 0 Å². The Balaban J connectivity index is 2.09. The van der Waals surface area contributed by atoms with Crippen molar-refractivity contribution in [3.05, 3.63) is 0 Å². The predicted octanol–water partition coefficient (Wildman–Crippen LogP) is 1.50. The van der Waals surface area contributed by atoms with Gasteiger partial charge in [-0.3, -0.25) is 0 Å². The van der Waals surface area contributed by atoms with Gasteiger partial charge < -0.3 is 5.32 Å². The molecule has 1 heteroatoms. The highest BCUT2D eigenvalue weighted by Gasteiger charge is 2.37. The van der Waals surface area contributed by atoms with E-state index in [1.165, 1.54) is 13.0 Å². The largest absolute Gasteiger partial charge is 0.319 e. The van der Waals surface area contributed by atoms with Gasteiger partial charge in [0.05, 0.1) is 0 Å². The maximum absolute atomic E-state index is 3.21. The molecule has 0 aromatic rings. The zero-order valence-corrected chi connectivity index (χ0v) is 6.65. The van der Waals surface area contributed by atoms with Crippen molar-refractivity contribution in [3.8, 4) is 0 Å². The summed E-state index contributed by atoms with van der Waals surface area (Å²) in [4.78, 5) is 0. The topological polar surface area (TPSA) is 12.0 Å². The first-order valence-corrected chi connectivity index (χ1v) is 3.90. The van der Waals surface area contributed by atoms with Gasteiger partial charge in [0.15, 0.2) is 0 Å². The summed E-state index contributed by atoms with van der Waals surface area (Å²) in [5.41, 5.74) is 0. The quantitative estimate of drug-likeness (QED) is 0.605.